The van der Waals surface area contributed by atoms with Crippen molar-refractivity contribution in [3.63, 3.8) is 0 Å². The molecule has 7 heteroatoms. The van der Waals surface area contributed by atoms with Crippen LogP contribution in [0.25, 0.3) is 0 Å². The van der Waals surface area contributed by atoms with Gasteiger partial charge in [0.15, 0.2) is 5.13 Å². The number of benzene rings is 1. The van der Waals surface area contributed by atoms with E-state index < -0.39 is 12.0 Å². The highest BCUT2D eigenvalue weighted by Gasteiger charge is 2.17. The lowest BCUT2D eigenvalue weighted by Gasteiger charge is -2.03. The zero-order chi connectivity index (χ0) is 13.1. The quantitative estimate of drug-likeness (QED) is 0.715. The van der Waals surface area contributed by atoms with Crippen LogP contribution >= 0.6 is 33.9 Å². The molecule has 0 saturated carbocycles. The minimum atomic E-state index is -1.08. The molecule has 0 bridgehead atoms. The highest BCUT2D eigenvalue weighted by Crippen LogP contribution is 2.23. The van der Waals surface area contributed by atoms with Gasteiger partial charge < -0.3 is 16.2 Å². The molecular weight excluding hydrogens is 365 g/mol. The Labute approximate surface area is 121 Å². The normalized spacial score (nSPS) is 12.1. The molecule has 2 aromatic rings. The molecule has 0 spiro atoms. The van der Waals surface area contributed by atoms with E-state index >= 15 is 0 Å². The molecule has 0 fully saturated rings. The molecule has 2 rings (SSSR count). The molecule has 0 radical (unpaired) electrons. The smallest absolute Gasteiger partial charge is 0.326 e. The number of carbonyl (C=O) groups is 1. The molecule has 4 N–H and O–H groups in total. The van der Waals surface area contributed by atoms with Gasteiger partial charge in [-0.05, 0) is 46.9 Å². The van der Waals surface area contributed by atoms with Crippen LogP contribution in [0, 0.1) is 3.57 Å². The first-order valence-electron chi connectivity index (χ1n) is 5.02. The number of hydrogen-bond acceptors (Lipinski definition) is 5. The maximum atomic E-state index is 10.7. The lowest BCUT2D eigenvalue weighted by molar-refractivity contribution is -0.138. The average molecular weight is 375 g/mol. The van der Waals surface area contributed by atoms with Crippen LogP contribution in [0.3, 0.4) is 0 Å². The molecular formula is C11H10IN3O2S. The lowest BCUT2D eigenvalue weighted by Crippen LogP contribution is -2.20. The fraction of sp³-hybridized carbons (Fsp3) is 0.0909. The SMILES string of the molecule is NC(C(=O)O)c1csc(Nc2ccc(I)cc2)n1. The van der Waals surface area contributed by atoms with Gasteiger partial charge in [-0.2, -0.15) is 0 Å². The number of thiazole rings is 1. The van der Waals surface area contributed by atoms with Crippen molar-refractivity contribution in [1.82, 2.24) is 4.98 Å². The van der Waals surface area contributed by atoms with E-state index in [1.54, 1.807) is 5.38 Å². The second kappa shape index (κ2) is 5.63. The van der Waals surface area contributed by atoms with Crippen molar-refractivity contribution in [2.24, 2.45) is 5.73 Å². The number of nitrogens with one attached hydrogen (secondary N) is 1. The van der Waals surface area contributed by atoms with E-state index in [0.29, 0.717) is 10.8 Å². The number of aromatic nitrogens is 1. The van der Waals surface area contributed by atoms with Crippen molar-refractivity contribution < 1.29 is 9.90 Å². The summed E-state index contributed by atoms with van der Waals surface area (Å²) in [5.41, 5.74) is 6.74. The highest BCUT2D eigenvalue weighted by molar-refractivity contribution is 14.1. The van der Waals surface area contributed by atoms with Crippen LogP contribution < -0.4 is 11.1 Å². The first kappa shape index (κ1) is 13.2. The van der Waals surface area contributed by atoms with Crippen LogP contribution in [0.4, 0.5) is 10.8 Å². The van der Waals surface area contributed by atoms with Gasteiger partial charge in [-0.3, -0.25) is 4.79 Å². The molecule has 1 atom stereocenters. The Bertz CT molecular complexity index is 556. The third kappa shape index (κ3) is 3.18. The Balaban J connectivity index is 2.11. The fourth-order valence-corrected chi connectivity index (χ4v) is 2.40. The predicted octanol–water partition coefficient (Wildman–Crippen LogP) is 2.58. The first-order chi connectivity index (χ1) is 8.56. The summed E-state index contributed by atoms with van der Waals surface area (Å²) in [7, 11) is 0. The van der Waals surface area contributed by atoms with Gasteiger partial charge in [-0.1, -0.05) is 0 Å². The maximum absolute atomic E-state index is 10.7. The number of rotatable bonds is 4. The fourth-order valence-electron chi connectivity index (χ4n) is 1.27. The monoisotopic (exact) mass is 375 g/mol. The van der Waals surface area contributed by atoms with Gasteiger partial charge in [0.2, 0.25) is 0 Å². The summed E-state index contributed by atoms with van der Waals surface area (Å²) in [6, 6.07) is 6.73. The molecule has 0 amide bonds. The van der Waals surface area contributed by atoms with Crippen LogP contribution in [-0.4, -0.2) is 16.1 Å². The number of aliphatic carboxylic acids is 1. The number of nitrogens with two attached hydrogens (primary N) is 1. The number of hydrogen-bond donors (Lipinski definition) is 3. The highest BCUT2D eigenvalue weighted by atomic mass is 127. The van der Waals surface area contributed by atoms with Crippen LogP contribution in [-0.2, 0) is 4.79 Å². The average Bonchev–Trinajstić information content (AvgIpc) is 2.79. The second-order valence-corrected chi connectivity index (χ2v) is 5.63. The molecule has 0 aliphatic carbocycles. The first-order valence-corrected chi connectivity index (χ1v) is 6.98. The number of carboxylic acids is 1. The second-order valence-electron chi connectivity index (χ2n) is 3.53. The number of anilines is 2. The molecule has 0 aliphatic rings. The van der Waals surface area contributed by atoms with Gasteiger partial charge in [0.1, 0.15) is 6.04 Å². The Morgan fingerprint density at radius 3 is 2.72 bits per heavy atom. The number of nitrogens with zero attached hydrogens (tertiary/aromatic N) is 1. The summed E-state index contributed by atoms with van der Waals surface area (Å²) in [5.74, 6) is -1.08. The predicted molar refractivity (Wildman–Crippen MR) is 79.1 cm³/mol. The van der Waals surface area contributed by atoms with E-state index in [0.717, 1.165) is 9.26 Å². The zero-order valence-electron chi connectivity index (χ0n) is 9.13. The van der Waals surface area contributed by atoms with E-state index in [1.807, 2.05) is 24.3 Å². The van der Waals surface area contributed by atoms with Crippen LogP contribution in [0.15, 0.2) is 29.6 Å². The van der Waals surface area contributed by atoms with Crippen molar-refractivity contribution in [2.75, 3.05) is 5.32 Å². The van der Waals surface area contributed by atoms with E-state index in [4.69, 9.17) is 10.8 Å². The molecule has 0 aliphatic heterocycles. The van der Waals surface area contributed by atoms with Gasteiger partial charge in [-0.15, -0.1) is 11.3 Å². The van der Waals surface area contributed by atoms with Gasteiger partial charge in [0.25, 0.3) is 0 Å². The van der Waals surface area contributed by atoms with Gasteiger partial charge in [0.05, 0.1) is 5.69 Å². The molecule has 1 aromatic heterocycles. The summed E-state index contributed by atoms with van der Waals surface area (Å²) in [6.07, 6.45) is 0. The van der Waals surface area contributed by atoms with E-state index in [2.05, 4.69) is 32.9 Å². The molecule has 94 valence electrons. The van der Waals surface area contributed by atoms with Crippen molar-refractivity contribution in [1.29, 1.82) is 0 Å². The minimum absolute atomic E-state index is 0.362. The molecule has 1 unspecified atom stereocenters. The Kier molecular flexibility index (Phi) is 4.15. The van der Waals surface area contributed by atoms with Crippen molar-refractivity contribution in [3.8, 4) is 0 Å². The summed E-state index contributed by atoms with van der Waals surface area (Å²) >= 11 is 3.55. The topological polar surface area (TPSA) is 88.2 Å². The number of halogens is 1. The third-order valence-electron chi connectivity index (χ3n) is 2.20. The van der Waals surface area contributed by atoms with Gasteiger partial charge in [-0.25, -0.2) is 4.98 Å². The van der Waals surface area contributed by atoms with Crippen LogP contribution in [0.5, 0.6) is 0 Å². The zero-order valence-corrected chi connectivity index (χ0v) is 12.1. The van der Waals surface area contributed by atoms with Crippen molar-refractivity contribution >= 4 is 50.7 Å². The van der Waals surface area contributed by atoms with Crippen LogP contribution in [0.2, 0.25) is 0 Å². The molecule has 1 heterocycles. The van der Waals surface area contributed by atoms with E-state index in [9.17, 15) is 4.79 Å². The van der Waals surface area contributed by atoms with Crippen molar-refractivity contribution in [2.45, 2.75) is 6.04 Å². The molecule has 18 heavy (non-hydrogen) atoms. The summed E-state index contributed by atoms with van der Waals surface area (Å²) in [6.45, 7) is 0. The van der Waals surface area contributed by atoms with Gasteiger partial charge >= 0.3 is 5.97 Å². The van der Waals surface area contributed by atoms with E-state index in [-0.39, 0.29) is 0 Å². The third-order valence-corrected chi connectivity index (χ3v) is 3.70. The standard InChI is InChI=1S/C11H10IN3O2S/c12-6-1-3-7(4-2-6)14-11-15-8(5-18-11)9(13)10(16)17/h1-5,9H,13H2,(H,14,15)(H,16,17). The van der Waals surface area contributed by atoms with Crippen molar-refractivity contribution in [3.05, 3.63) is 38.9 Å². The summed E-state index contributed by atoms with van der Waals surface area (Å²) in [5, 5.41) is 14.2. The molecule has 0 saturated heterocycles. The Hall–Kier alpha value is -1.19. The molecule has 1 aromatic carbocycles. The largest absolute Gasteiger partial charge is 0.480 e. The van der Waals surface area contributed by atoms with Gasteiger partial charge in [0, 0.05) is 14.6 Å². The van der Waals surface area contributed by atoms with E-state index in [1.165, 1.54) is 11.3 Å². The lowest BCUT2D eigenvalue weighted by atomic mass is 10.2. The summed E-state index contributed by atoms with van der Waals surface area (Å²) < 4.78 is 1.14. The summed E-state index contributed by atoms with van der Waals surface area (Å²) in [4.78, 5) is 14.9. The number of carboxylic acid groups (broad SMARTS) is 1. The minimum Gasteiger partial charge on any atom is -0.480 e. The molecule has 5 nitrogen and oxygen atoms in total. The maximum Gasteiger partial charge on any atom is 0.326 e. The van der Waals surface area contributed by atoms with Crippen LogP contribution in [0.1, 0.15) is 11.7 Å². The Morgan fingerprint density at radius 2 is 2.11 bits per heavy atom. The Morgan fingerprint density at radius 1 is 1.44 bits per heavy atom.